The molecular formula is C20H18NNaO5. The van der Waals surface area contributed by atoms with Crippen LogP contribution in [0.2, 0.25) is 0 Å². The van der Waals surface area contributed by atoms with Crippen molar-refractivity contribution in [1.82, 2.24) is 4.90 Å². The molecule has 0 aromatic heterocycles. The molecule has 2 heterocycles. The molecule has 0 unspecified atom stereocenters. The number of morpholine rings is 1. The van der Waals surface area contributed by atoms with E-state index in [-0.39, 0.29) is 35.5 Å². The van der Waals surface area contributed by atoms with Gasteiger partial charge in [0, 0.05) is 6.54 Å². The van der Waals surface area contributed by atoms with E-state index in [2.05, 4.69) is 0 Å². The third-order valence-corrected chi connectivity index (χ3v) is 4.79. The minimum absolute atomic E-state index is 0. The summed E-state index contributed by atoms with van der Waals surface area (Å²) in [4.78, 5) is 25.9. The molecule has 2 fully saturated rings. The number of aliphatic carboxylic acids is 1. The number of ether oxygens (including phenoxy) is 2. The predicted molar refractivity (Wildman–Crippen MR) is 89.5 cm³/mol. The summed E-state index contributed by atoms with van der Waals surface area (Å²) in [5, 5.41) is 11.3. The summed E-state index contributed by atoms with van der Waals surface area (Å²) in [5.41, 5.74) is 1.98. The van der Waals surface area contributed by atoms with Gasteiger partial charge in [-0.25, -0.2) is 0 Å². The number of carbonyl (C=O) groups is 2. The molecule has 2 saturated heterocycles. The monoisotopic (exact) mass is 375 g/mol. The molecule has 27 heavy (non-hydrogen) atoms. The number of hydrogen-bond acceptors (Lipinski definition) is 5. The Morgan fingerprint density at radius 1 is 0.963 bits per heavy atom. The molecule has 0 spiro atoms. The van der Waals surface area contributed by atoms with Crippen molar-refractivity contribution in [3.63, 3.8) is 0 Å². The van der Waals surface area contributed by atoms with Crippen LogP contribution < -0.4 is 34.7 Å². The third-order valence-electron chi connectivity index (χ3n) is 4.79. The summed E-state index contributed by atoms with van der Waals surface area (Å²) >= 11 is 0. The molecule has 6 nitrogen and oxygen atoms in total. The first-order chi connectivity index (χ1) is 12.6. The van der Waals surface area contributed by atoms with E-state index in [1.165, 1.54) is 0 Å². The van der Waals surface area contributed by atoms with E-state index in [9.17, 15) is 14.7 Å². The Hall–Kier alpha value is -1.70. The molecule has 4 rings (SSSR count). The third kappa shape index (κ3) is 4.10. The van der Waals surface area contributed by atoms with Gasteiger partial charge in [0.1, 0.15) is 6.10 Å². The Labute approximate surface area is 179 Å². The fourth-order valence-electron chi connectivity index (χ4n) is 3.52. The van der Waals surface area contributed by atoms with E-state index in [0.717, 1.165) is 11.1 Å². The Balaban J connectivity index is 0.00000210. The number of amides is 1. The van der Waals surface area contributed by atoms with E-state index in [1.807, 2.05) is 60.7 Å². The van der Waals surface area contributed by atoms with Gasteiger partial charge < -0.3 is 24.3 Å². The van der Waals surface area contributed by atoms with Crippen molar-refractivity contribution in [2.75, 3.05) is 0 Å². The van der Waals surface area contributed by atoms with Crippen LogP contribution in [0.5, 0.6) is 0 Å². The van der Waals surface area contributed by atoms with Gasteiger partial charge in [-0.3, -0.25) is 4.79 Å². The number of carboxylic acid groups (broad SMARTS) is 1. The normalized spacial score (nSPS) is 26.5. The minimum Gasteiger partial charge on any atom is -0.547 e. The Morgan fingerprint density at radius 3 is 2.15 bits per heavy atom. The second-order valence-electron chi connectivity index (χ2n) is 6.51. The minimum atomic E-state index is -1.43. The van der Waals surface area contributed by atoms with Crippen LogP contribution in [0.15, 0.2) is 60.7 Å². The summed E-state index contributed by atoms with van der Waals surface area (Å²) in [6, 6.07) is 18.9. The second-order valence-corrected chi connectivity index (χ2v) is 6.51. The molecule has 0 N–H and O–H groups in total. The van der Waals surface area contributed by atoms with Crippen LogP contribution in [-0.2, 0) is 32.0 Å². The van der Waals surface area contributed by atoms with Crippen LogP contribution in [0.1, 0.15) is 11.1 Å². The van der Waals surface area contributed by atoms with Crippen molar-refractivity contribution < 1.29 is 53.7 Å². The van der Waals surface area contributed by atoms with Gasteiger partial charge >= 0.3 is 29.6 Å². The first kappa shape index (κ1) is 20.0. The van der Waals surface area contributed by atoms with E-state index in [4.69, 9.17) is 9.47 Å². The summed E-state index contributed by atoms with van der Waals surface area (Å²) in [7, 11) is 0. The molecule has 0 saturated carbocycles. The molecule has 7 heteroatoms. The quantitative estimate of drug-likeness (QED) is 0.540. The summed E-state index contributed by atoms with van der Waals surface area (Å²) in [6.07, 6.45) is -2.80. The predicted octanol–water partition coefficient (Wildman–Crippen LogP) is -2.50. The summed E-state index contributed by atoms with van der Waals surface area (Å²) in [5.74, 6) is -1.80. The van der Waals surface area contributed by atoms with E-state index in [0.29, 0.717) is 13.0 Å². The Morgan fingerprint density at radius 2 is 1.56 bits per heavy atom. The van der Waals surface area contributed by atoms with Crippen LogP contribution >= 0.6 is 0 Å². The number of rotatable bonds is 5. The smallest absolute Gasteiger partial charge is 0.547 e. The average molecular weight is 375 g/mol. The molecule has 0 radical (unpaired) electrons. The van der Waals surface area contributed by atoms with Gasteiger partial charge in [-0.15, -0.1) is 0 Å². The molecule has 2 aliphatic rings. The Kier molecular flexibility index (Phi) is 6.34. The molecule has 2 aromatic carbocycles. The first-order valence-corrected chi connectivity index (χ1v) is 8.53. The van der Waals surface area contributed by atoms with Gasteiger partial charge in [-0.05, 0) is 17.5 Å². The number of hydrogen-bond donors (Lipinski definition) is 0. The fourth-order valence-corrected chi connectivity index (χ4v) is 3.52. The van der Waals surface area contributed by atoms with Gasteiger partial charge in [0.15, 0.2) is 12.4 Å². The first-order valence-electron chi connectivity index (χ1n) is 8.53. The molecule has 134 valence electrons. The maximum atomic E-state index is 12.9. The molecule has 1 amide bonds. The Bertz CT molecular complexity index is 801. The van der Waals surface area contributed by atoms with Crippen LogP contribution in [0.4, 0.5) is 0 Å². The number of carboxylic acids is 1. The van der Waals surface area contributed by atoms with Crippen molar-refractivity contribution in [3.05, 3.63) is 71.8 Å². The van der Waals surface area contributed by atoms with E-state index in [1.54, 1.807) is 4.90 Å². The van der Waals surface area contributed by atoms with Gasteiger partial charge in [0.05, 0.1) is 12.0 Å². The zero-order valence-electron chi connectivity index (χ0n) is 15.0. The molecule has 4 atom stereocenters. The summed E-state index contributed by atoms with van der Waals surface area (Å²) in [6.45, 7) is 0.372. The van der Waals surface area contributed by atoms with Gasteiger partial charge in [0.2, 0.25) is 0 Å². The van der Waals surface area contributed by atoms with E-state index >= 15 is 0 Å². The standard InChI is InChI=1S/C20H19NO5.Na/c22-18-16-17(19(23)24)26-20(25-16)15(11-13-7-3-1-4-8-13)21(18)12-14-9-5-2-6-10-14;/h1-10,15-17,20H,11-12H2,(H,23,24);/q;+1/p-1/t15-,16+,17+,20-;/m1./s1. The average Bonchev–Trinajstić information content (AvgIpc) is 3.07. The zero-order valence-corrected chi connectivity index (χ0v) is 17.0. The number of benzene rings is 2. The zero-order chi connectivity index (χ0) is 18.1. The topological polar surface area (TPSA) is 78.9 Å². The number of carbonyl (C=O) groups excluding carboxylic acids is 2. The van der Waals surface area contributed by atoms with Crippen LogP contribution in [0.25, 0.3) is 0 Å². The SMILES string of the molecule is O=C([O-])[C@H]1O[C@H]2O[C@@H]1C(=O)N(Cc1ccccc1)[C@@H]2Cc1ccccc1.[Na+]. The van der Waals surface area contributed by atoms with Crippen molar-refractivity contribution in [2.24, 2.45) is 0 Å². The number of nitrogens with zero attached hydrogens (tertiary/aromatic N) is 1. The van der Waals surface area contributed by atoms with Crippen molar-refractivity contribution in [1.29, 1.82) is 0 Å². The van der Waals surface area contributed by atoms with Gasteiger partial charge in [-0.2, -0.15) is 0 Å². The molecule has 0 aliphatic carbocycles. The molecule has 2 bridgehead atoms. The molecule has 2 aliphatic heterocycles. The summed E-state index contributed by atoms with van der Waals surface area (Å²) < 4.78 is 11.1. The van der Waals surface area contributed by atoms with Gasteiger partial charge in [-0.1, -0.05) is 60.7 Å². The number of fused-ring (bicyclic) bond motifs is 2. The van der Waals surface area contributed by atoms with Crippen LogP contribution in [0, 0.1) is 0 Å². The molecule has 2 aromatic rings. The molecular weight excluding hydrogens is 357 g/mol. The van der Waals surface area contributed by atoms with Crippen molar-refractivity contribution >= 4 is 11.9 Å². The second kappa shape index (κ2) is 8.54. The maximum Gasteiger partial charge on any atom is 1.00 e. The van der Waals surface area contributed by atoms with Crippen molar-refractivity contribution in [2.45, 2.75) is 37.5 Å². The van der Waals surface area contributed by atoms with Crippen molar-refractivity contribution in [3.8, 4) is 0 Å². The maximum absolute atomic E-state index is 12.9. The van der Waals surface area contributed by atoms with Crippen LogP contribution in [0.3, 0.4) is 0 Å². The van der Waals surface area contributed by atoms with Crippen LogP contribution in [-0.4, -0.2) is 41.3 Å². The fraction of sp³-hybridized carbons (Fsp3) is 0.300. The van der Waals surface area contributed by atoms with E-state index < -0.39 is 30.5 Å². The van der Waals surface area contributed by atoms with Gasteiger partial charge in [0.25, 0.3) is 5.91 Å². The largest absolute Gasteiger partial charge is 1.00 e.